The topological polar surface area (TPSA) is 67.4 Å². The third-order valence-electron chi connectivity index (χ3n) is 4.95. The minimum atomic E-state index is -0.237. The van der Waals surface area contributed by atoms with Crippen LogP contribution in [0.25, 0.3) is 0 Å². The first-order chi connectivity index (χ1) is 14.7. The zero-order chi connectivity index (χ0) is 20.8. The van der Waals surface area contributed by atoms with Crippen molar-refractivity contribution in [3.05, 3.63) is 90.0 Å². The molecule has 3 aromatic carbocycles. The van der Waals surface area contributed by atoms with Crippen LogP contribution in [0.5, 0.6) is 5.75 Å². The largest absolute Gasteiger partial charge is 0.483 e. The highest BCUT2D eigenvalue weighted by molar-refractivity contribution is 5.95. The van der Waals surface area contributed by atoms with Crippen LogP contribution >= 0.6 is 0 Å². The molecule has 0 aliphatic heterocycles. The van der Waals surface area contributed by atoms with Gasteiger partial charge in [0, 0.05) is 23.7 Å². The standard InChI is InChI=1S/C25H24N2O3/c28-24(26-21-12-14-22(15-13-21)27-25(29)19-10-11-19)17-30-23-9-5-4-8-20(23)16-18-6-2-1-3-7-18/h1-9,12-15,19H,10-11,16-17H2,(H,26,28)(H,27,29). The van der Waals surface area contributed by atoms with E-state index in [0.29, 0.717) is 11.4 Å². The van der Waals surface area contributed by atoms with Gasteiger partial charge >= 0.3 is 0 Å². The maximum atomic E-state index is 12.3. The maximum Gasteiger partial charge on any atom is 0.262 e. The zero-order valence-electron chi connectivity index (χ0n) is 16.6. The first-order valence-corrected chi connectivity index (χ1v) is 10.1. The molecule has 1 aliphatic rings. The number of amides is 2. The summed E-state index contributed by atoms with van der Waals surface area (Å²) in [4.78, 5) is 24.1. The molecule has 0 bridgehead atoms. The Hall–Kier alpha value is -3.60. The maximum absolute atomic E-state index is 12.3. The number of benzene rings is 3. The highest BCUT2D eigenvalue weighted by atomic mass is 16.5. The van der Waals surface area contributed by atoms with Crippen LogP contribution in [-0.4, -0.2) is 18.4 Å². The minimum absolute atomic E-state index is 0.0642. The third kappa shape index (κ3) is 5.47. The lowest BCUT2D eigenvalue weighted by Gasteiger charge is -2.12. The van der Waals surface area contributed by atoms with E-state index in [0.717, 1.165) is 30.5 Å². The van der Waals surface area contributed by atoms with Gasteiger partial charge in [-0.1, -0.05) is 48.5 Å². The molecule has 2 N–H and O–H groups in total. The third-order valence-corrected chi connectivity index (χ3v) is 4.95. The fourth-order valence-corrected chi connectivity index (χ4v) is 3.17. The first-order valence-electron chi connectivity index (χ1n) is 10.1. The van der Waals surface area contributed by atoms with Crippen LogP contribution in [0, 0.1) is 5.92 Å². The number of hydrogen-bond donors (Lipinski definition) is 2. The molecular weight excluding hydrogens is 376 g/mol. The molecule has 1 fully saturated rings. The van der Waals surface area contributed by atoms with Gasteiger partial charge in [-0.25, -0.2) is 0 Å². The molecule has 3 aromatic rings. The number of ether oxygens (including phenoxy) is 1. The Morgan fingerprint density at radius 2 is 1.43 bits per heavy atom. The fraction of sp³-hybridized carbons (Fsp3) is 0.200. The second-order valence-corrected chi connectivity index (χ2v) is 7.45. The van der Waals surface area contributed by atoms with E-state index in [9.17, 15) is 9.59 Å². The Kier molecular flexibility index (Phi) is 6.09. The zero-order valence-corrected chi connectivity index (χ0v) is 16.6. The summed E-state index contributed by atoms with van der Waals surface area (Å²) in [6.07, 6.45) is 2.68. The van der Waals surface area contributed by atoms with Crippen molar-refractivity contribution in [2.45, 2.75) is 19.3 Å². The molecule has 0 saturated heterocycles. The van der Waals surface area contributed by atoms with Gasteiger partial charge in [-0.15, -0.1) is 0 Å². The molecule has 0 radical (unpaired) electrons. The Balaban J connectivity index is 1.30. The van der Waals surface area contributed by atoms with Crippen LogP contribution in [0.15, 0.2) is 78.9 Å². The number of anilines is 2. The molecule has 2 amide bonds. The molecule has 0 spiro atoms. The monoisotopic (exact) mass is 400 g/mol. The van der Waals surface area contributed by atoms with Crippen LogP contribution < -0.4 is 15.4 Å². The summed E-state index contributed by atoms with van der Waals surface area (Å²) in [5.41, 5.74) is 3.61. The predicted octanol–water partition coefficient (Wildman–Crippen LogP) is 4.64. The summed E-state index contributed by atoms with van der Waals surface area (Å²) in [5, 5.41) is 5.70. The summed E-state index contributed by atoms with van der Waals surface area (Å²) in [6.45, 7) is -0.0774. The van der Waals surface area contributed by atoms with E-state index >= 15 is 0 Å². The number of nitrogens with one attached hydrogen (secondary N) is 2. The SMILES string of the molecule is O=C(COc1ccccc1Cc1ccccc1)Nc1ccc(NC(=O)C2CC2)cc1. The van der Waals surface area contributed by atoms with E-state index in [1.807, 2.05) is 42.5 Å². The molecule has 1 aliphatic carbocycles. The summed E-state index contributed by atoms with van der Waals surface area (Å²) >= 11 is 0. The fourth-order valence-electron chi connectivity index (χ4n) is 3.17. The molecule has 5 heteroatoms. The molecule has 4 rings (SSSR count). The lowest BCUT2D eigenvalue weighted by molar-refractivity contribution is -0.118. The normalized spacial score (nSPS) is 12.8. The van der Waals surface area contributed by atoms with Gasteiger partial charge in [0.05, 0.1) is 0 Å². The van der Waals surface area contributed by atoms with Crippen molar-refractivity contribution in [2.75, 3.05) is 17.2 Å². The van der Waals surface area contributed by atoms with E-state index in [1.54, 1.807) is 24.3 Å². The van der Waals surface area contributed by atoms with Gasteiger partial charge < -0.3 is 15.4 Å². The quantitative estimate of drug-likeness (QED) is 0.579. The lowest BCUT2D eigenvalue weighted by Crippen LogP contribution is -2.20. The van der Waals surface area contributed by atoms with Crippen molar-refractivity contribution in [1.29, 1.82) is 0 Å². The highest BCUT2D eigenvalue weighted by Crippen LogP contribution is 2.30. The van der Waals surface area contributed by atoms with Gasteiger partial charge in [0.25, 0.3) is 5.91 Å². The van der Waals surface area contributed by atoms with Crippen molar-refractivity contribution >= 4 is 23.2 Å². The first kappa shape index (κ1) is 19.7. The van der Waals surface area contributed by atoms with Crippen molar-refractivity contribution in [2.24, 2.45) is 5.92 Å². The van der Waals surface area contributed by atoms with Crippen LogP contribution in [0.3, 0.4) is 0 Å². The van der Waals surface area contributed by atoms with Gasteiger partial charge in [-0.2, -0.15) is 0 Å². The van der Waals surface area contributed by atoms with Crippen LogP contribution in [-0.2, 0) is 16.0 Å². The molecule has 152 valence electrons. The molecule has 0 aromatic heterocycles. The summed E-state index contributed by atoms with van der Waals surface area (Å²) in [6, 6.07) is 25.0. The van der Waals surface area contributed by atoms with E-state index in [1.165, 1.54) is 5.56 Å². The average Bonchev–Trinajstić information content (AvgIpc) is 3.61. The average molecular weight is 400 g/mol. The summed E-state index contributed by atoms with van der Waals surface area (Å²) < 4.78 is 5.78. The molecular formula is C25H24N2O3. The number of carbonyl (C=O) groups is 2. The van der Waals surface area contributed by atoms with Crippen molar-refractivity contribution in [3.63, 3.8) is 0 Å². The van der Waals surface area contributed by atoms with E-state index < -0.39 is 0 Å². The van der Waals surface area contributed by atoms with Crippen molar-refractivity contribution < 1.29 is 14.3 Å². The van der Waals surface area contributed by atoms with Crippen LogP contribution in [0.1, 0.15) is 24.0 Å². The van der Waals surface area contributed by atoms with Crippen LogP contribution in [0.4, 0.5) is 11.4 Å². The number of carbonyl (C=O) groups excluding carboxylic acids is 2. The second kappa shape index (κ2) is 9.27. The Labute approximate surface area is 176 Å². The molecule has 0 unspecified atom stereocenters. The smallest absolute Gasteiger partial charge is 0.262 e. The molecule has 1 saturated carbocycles. The lowest BCUT2D eigenvalue weighted by atomic mass is 10.0. The number of hydrogen-bond acceptors (Lipinski definition) is 3. The predicted molar refractivity (Wildman–Crippen MR) is 118 cm³/mol. The Morgan fingerprint density at radius 1 is 0.800 bits per heavy atom. The molecule has 0 heterocycles. The Bertz CT molecular complexity index is 1010. The molecule has 5 nitrogen and oxygen atoms in total. The van der Waals surface area contributed by atoms with Gasteiger partial charge in [-0.3, -0.25) is 9.59 Å². The van der Waals surface area contributed by atoms with Gasteiger partial charge in [0.15, 0.2) is 6.61 Å². The van der Waals surface area contributed by atoms with Gasteiger partial charge in [-0.05, 0) is 54.3 Å². The van der Waals surface area contributed by atoms with Gasteiger partial charge in [0.1, 0.15) is 5.75 Å². The van der Waals surface area contributed by atoms with Crippen LogP contribution in [0.2, 0.25) is 0 Å². The summed E-state index contributed by atoms with van der Waals surface area (Å²) in [5.74, 6) is 0.689. The second-order valence-electron chi connectivity index (χ2n) is 7.45. The summed E-state index contributed by atoms with van der Waals surface area (Å²) in [7, 11) is 0. The Morgan fingerprint density at radius 3 is 2.13 bits per heavy atom. The minimum Gasteiger partial charge on any atom is -0.483 e. The van der Waals surface area contributed by atoms with E-state index in [4.69, 9.17) is 4.74 Å². The highest BCUT2D eigenvalue weighted by Gasteiger charge is 2.29. The molecule has 30 heavy (non-hydrogen) atoms. The molecule has 0 atom stereocenters. The van der Waals surface area contributed by atoms with Crippen molar-refractivity contribution in [3.8, 4) is 5.75 Å². The van der Waals surface area contributed by atoms with E-state index in [2.05, 4.69) is 22.8 Å². The van der Waals surface area contributed by atoms with E-state index in [-0.39, 0.29) is 24.3 Å². The number of rotatable bonds is 8. The van der Waals surface area contributed by atoms with Crippen molar-refractivity contribution in [1.82, 2.24) is 0 Å². The van der Waals surface area contributed by atoms with Gasteiger partial charge in [0.2, 0.25) is 5.91 Å². The number of para-hydroxylation sites is 1.